The van der Waals surface area contributed by atoms with Gasteiger partial charge in [-0.2, -0.15) is 0 Å². The highest BCUT2D eigenvalue weighted by Gasteiger charge is 2.53. The number of nitrogens with zero attached hydrogens (tertiary/aromatic N) is 1. The van der Waals surface area contributed by atoms with Crippen molar-refractivity contribution in [2.24, 2.45) is 5.41 Å². The molecule has 0 spiro atoms. The van der Waals surface area contributed by atoms with E-state index in [1.165, 1.54) is 0 Å². The van der Waals surface area contributed by atoms with Gasteiger partial charge in [-0.05, 0) is 57.0 Å². The summed E-state index contributed by atoms with van der Waals surface area (Å²) in [6.45, 7) is 13.8. The molecule has 3 rings (SSSR count). The molecule has 0 aliphatic carbocycles. The van der Waals surface area contributed by atoms with E-state index < -0.39 is 23.7 Å². The van der Waals surface area contributed by atoms with Crippen LogP contribution in [0, 0.1) is 5.41 Å². The van der Waals surface area contributed by atoms with Crippen molar-refractivity contribution in [2.45, 2.75) is 59.7 Å². The number of hydrogen-bond donors (Lipinski definition) is 0. The fourth-order valence-electron chi connectivity index (χ4n) is 3.05. The summed E-state index contributed by atoms with van der Waals surface area (Å²) < 4.78 is 15.3. The molecule has 0 atom stereocenters. The molecule has 1 saturated heterocycles. The van der Waals surface area contributed by atoms with E-state index in [0.717, 1.165) is 21.2 Å². The first-order valence-corrected chi connectivity index (χ1v) is 10.0. The lowest BCUT2D eigenvalue weighted by atomic mass is 9.79. The molecule has 1 aromatic heterocycles. The Bertz CT molecular complexity index is 847. The number of rotatable bonds is 2. The quantitative estimate of drug-likeness (QED) is 0.634. The van der Waals surface area contributed by atoms with E-state index in [1.807, 2.05) is 85.0 Å². The maximum atomic E-state index is 13.1. The molecule has 2 aromatic rings. The Morgan fingerprint density at radius 2 is 1.52 bits per heavy atom. The lowest BCUT2D eigenvalue weighted by Gasteiger charge is -2.32. The second-order valence-electron chi connectivity index (χ2n) is 9.13. The third-order valence-electron chi connectivity index (χ3n) is 5.42. The van der Waals surface area contributed by atoms with Crippen LogP contribution in [0.25, 0.3) is 11.1 Å². The Hall–Kier alpha value is -1.37. The minimum atomic E-state index is -0.616. The molecular weight excluding hydrogens is 405 g/mol. The van der Waals surface area contributed by atoms with E-state index in [2.05, 4.69) is 15.9 Å². The predicted molar refractivity (Wildman–Crippen MR) is 113 cm³/mol. The van der Waals surface area contributed by atoms with E-state index >= 15 is 0 Å². The van der Waals surface area contributed by atoms with Crippen molar-refractivity contribution >= 4 is 34.5 Å². The molecule has 1 aliphatic heterocycles. The molecule has 1 aromatic carbocycles. The number of aromatic nitrogens is 1. The monoisotopic (exact) mass is 431 g/mol. The Morgan fingerprint density at radius 3 is 2.00 bits per heavy atom. The molecule has 0 unspecified atom stereocenters. The average molecular weight is 432 g/mol. The number of hydrogen-bond acceptors (Lipinski definition) is 3. The standard InChI is InChI=1S/C21H27BBrNO3/c1-19(2,3)18(25)24-13-12-16(14-8-10-15(23)11-9-14)17(24)22-26-20(4,5)21(6,7)27-22/h8-13H,1-7H3. The molecule has 1 aliphatic rings. The number of benzene rings is 1. The third-order valence-corrected chi connectivity index (χ3v) is 5.95. The second kappa shape index (κ2) is 6.61. The summed E-state index contributed by atoms with van der Waals surface area (Å²) in [4.78, 5) is 13.1. The zero-order valence-corrected chi connectivity index (χ0v) is 18.7. The van der Waals surface area contributed by atoms with Crippen LogP contribution in [0.3, 0.4) is 0 Å². The molecule has 27 heavy (non-hydrogen) atoms. The highest BCUT2D eigenvalue weighted by atomic mass is 79.9. The Morgan fingerprint density at radius 1 is 1.00 bits per heavy atom. The van der Waals surface area contributed by atoms with Gasteiger partial charge < -0.3 is 9.31 Å². The second-order valence-corrected chi connectivity index (χ2v) is 10.1. The van der Waals surface area contributed by atoms with Gasteiger partial charge in [0.2, 0.25) is 5.91 Å². The first-order chi connectivity index (χ1) is 12.3. The van der Waals surface area contributed by atoms with E-state index in [1.54, 1.807) is 4.57 Å². The van der Waals surface area contributed by atoms with Crippen LogP contribution < -0.4 is 5.59 Å². The van der Waals surface area contributed by atoms with Crippen molar-refractivity contribution in [3.05, 3.63) is 41.0 Å². The van der Waals surface area contributed by atoms with E-state index in [0.29, 0.717) is 0 Å². The van der Waals surface area contributed by atoms with Crippen LogP contribution in [0.4, 0.5) is 0 Å². The van der Waals surface area contributed by atoms with Crippen LogP contribution in [0.5, 0.6) is 0 Å². The Labute approximate surface area is 170 Å². The Kier molecular flexibility index (Phi) is 4.99. The topological polar surface area (TPSA) is 40.5 Å². The minimum Gasteiger partial charge on any atom is -0.398 e. The summed E-state index contributed by atoms with van der Waals surface area (Å²) in [5.74, 6) is 0.00979. The van der Waals surface area contributed by atoms with Gasteiger partial charge in [-0.3, -0.25) is 9.36 Å². The molecule has 0 saturated carbocycles. The number of halogens is 1. The van der Waals surface area contributed by atoms with Gasteiger partial charge in [0.05, 0.1) is 16.8 Å². The molecule has 4 nitrogen and oxygen atoms in total. The van der Waals surface area contributed by atoms with Crippen molar-refractivity contribution in [1.29, 1.82) is 0 Å². The van der Waals surface area contributed by atoms with E-state index in [4.69, 9.17) is 9.31 Å². The maximum absolute atomic E-state index is 13.1. The van der Waals surface area contributed by atoms with Crippen molar-refractivity contribution < 1.29 is 14.1 Å². The molecule has 1 fully saturated rings. The van der Waals surface area contributed by atoms with Gasteiger partial charge in [0, 0.05) is 16.1 Å². The number of carbonyl (C=O) groups excluding carboxylic acids is 1. The van der Waals surface area contributed by atoms with Gasteiger partial charge in [0.15, 0.2) is 0 Å². The zero-order chi connectivity index (χ0) is 20.2. The fourth-order valence-corrected chi connectivity index (χ4v) is 3.32. The van der Waals surface area contributed by atoms with Gasteiger partial charge >= 0.3 is 7.12 Å². The summed E-state index contributed by atoms with van der Waals surface area (Å²) in [6, 6.07) is 10.0. The molecular formula is C21H27BBrNO3. The van der Waals surface area contributed by atoms with Gasteiger partial charge in [-0.25, -0.2) is 0 Å². The fraction of sp³-hybridized carbons (Fsp3) is 0.476. The molecule has 2 heterocycles. The minimum absolute atomic E-state index is 0.00979. The van der Waals surface area contributed by atoms with Crippen molar-refractivity contribution in [1.82, 2.24) is 4.57 Å². The first-order valence-electron chi connectivity index (χ1n) is 9.21. The van der Waals surface area contributed by atoms with Crippen LogP contribution in [0.1, 0.15) is 53.3 Å². The summed E-state index contributed by atoms with van der Waals surface area (Å²) in [6.07, 6.45) is 1.82. The molecule has 0 radical (unpaired) electrons. The Balaban J connectivity index is 2.16. The molecule has 0 bridgehead atoms. The third kappa shape index (κ3) is 3.67. The van der Waals surface area contributed by atoms with Crippen LogP contribution in [-0.2, 0) is 9.31 Å². The maximum Gasteiger partial charge on any atom is 0.513 e. The molecule has 6 heteroatoms. The van der Waals surface area contributed by atoms with Gasteiger partial charge in [-0.1, -0.05) is 48.8 Å². The van der Waals surface area contributed by atoms with Crippen LogP contribution in [0.2, 0.25) is 0 Å². The van der Waals surface area contributed by atoms with E-state index in [9.17, 15) is 4.79 Å². The summed E-state index contributed by atoms with van der Waals surface area (Å²) >= 11 is 3.48. The SMILES string of the molecule is CC(C)(C)C(=O)n1ccc(-c2ccc(Br)cc2)c1B1OC(C)(C)C(C)(C)O1. The number of carbonyl (C=O) groups is 1. The largest absolute Gasteiger partial charge is 0.513 e. The van der Waals surface area contributed by atoms with Crippen molar-refractivity contribution in [3.63, 3.8) is 0 Å². The highest BCUT2D eigenvalue weighted by Crippen LogP contribution is 2.37. The summed E-state index contributed by atoms with van der Waals surface area (Å²) in [5, 5.41) is 0. The van der Waals surface area contributed by atoms with Crippen LogP contribution in [0.15, 0.2) is 41.0 Å². The van der Waals surface area contributed by atoms with Crippen molar-refractivity contribution in [3.8, 4) is 11.1 Å². The van der Waals surface area contributed by atoms with E-state index in [-0.39, 0.29) is 5.91 Å². The van der Waals surface area contributed by atoms with Gasteiger partial charge in [0.1, 0.15) is 0 Å². The summed E-state index contributed by atoms with van der Waals surface area (Å²) in [5.41, 5.74) is 1.23. The molecule has 144 valence electrons. The predicted octanol–water partition coefficient (Wildman–Crippen LogP) is 4.90. The van der Waals surface area contributed by atoms with Crippen LogP contribution >= 0.6 is 15.9 Å². The van der Waals surface area contributed by atoms with Crippen molar-refractivity contribution in [2.75, 3.05) is 0 Å². The van der Waals surface area contributed by atoms with Gasteiger partial charge in [0.25, 0.3) is 0 Å². The normalized spacial score (nSPS) is 18.7. The van der Waals surface area contributed by atoms with Crippen LogP contribution in [-0.4, -0.2) is 28.8 Å². The smallest absolute Gasteiger partial charge is 0.398 e. The summed E-state index contributed by atoms with van der Waals surface area (Å²) in [7, 11) is -0.616. The lowest BCUT2D eigenvalue weighted by molar-refractivity contribution is 0.00578. The lowest BCUT2D eigenvalue weighted by Crippen LogP contribution is -2.44. The highest BCUT2D eigenvalue weighted by molar-refractivity contribution is 9.10. The molecule has 0 amide bonds. The first kappa shape index (κ1) is 20.4. The zero-order valence-electron chi connectivity index (χ0n) is 17.1. The molecule has 0 N–H and O–H groups in total. The average Bonchev–Trinajstić information content (AvgIpc) is 3.05. The van der Waals surface area contributed by atoms with Gasteiger partial charge in [-0.15, -0.1) is 0 Å².